The maximum Gasteiger partial charge on any atom is 0.103 e. The minimum Gasteiger partial charge on any atom is -0.399 e. The van der Waals surface area contributed by atoms with Crippen molar-refractivity contribution >= 4 is 149 Å². The van der Waals surface area contributed by atoms with Crippen molar-refractivity contribution in [1.82, 2.24) is 0 Å². The van der Waals surface area contributed by atoms with Gasteiger partial charge < -0.3 is 22.5 Å². The van der Waals surface area contributed by atoms with Crippen LogP contribution in [0, 0.1) is 6.92 Å². The molecule has 7 N–H and O–H groups in total. The van der Waals surface area contributed by atoms with Crippen molar-refractivity contribution < 1.29 is 0 Å². The molecule has 0 spiro atoms. The van der Waals surface area contributed by atoms with E-state index in [-0.39, 0.29) is 0 Å². The Hall–Kier alpha value is -6.41. The van der Waals surface area contributed by atoms with Crippen molar-refractivity contribution in [3.8, 4) is 0 Å². The monoisotopic (exact) mass is 828 g/mol. The Kier molecular flexibility index (Phi) is 10.7. The van der Waals surface area contributed by atoms with Gasteiger partial charge in [0.05, 0.1) is 28.4 Å². The summed E-state index contributed by atoms with van der Waals surface area (Å²) in [5.41, 5.74) is 26.7. The first-order valence-electron chi connectivity index (χ1n) is 18.5. The normalized spacial score (nSPS) is 12.1. The molecule has 0 aliphatic rings. The third-order valence-electron chi connectivity index (χ3n) is 10.5. The van der Waals surface area contributed by atoms with Gasteiger partial charge in [-0.1, -0.05) is 37.4 Å². The number of thiol groups is 1. The molecular formula is C46H40N10S3. The Labute approximate surface area is 354 Å². The molecule has 0 bridgehead atoms. The maximum absolute atomic E-state index is 6.61. The van der Waals surface area contributed by atoms with Crippen molar-refractivity contribution in [1.29, 1.82) is 0 Å². The van der Waals surface area contributed by atoms with Crippen LogP contribution in [0.2, 0.25) is 0 Å². The zero-order valence-corrected chi connectivity index (χ0v) is 35.4. The van der Waals surface area contributed by atoms with Crippen molar-refractivity contribution in [2.75, 3.05) is 42.1 Å². The standard InChI is InChI=1S/C46H40N10S3/c1-23-28-10-8-12-38(54-56-46-25(3)43-31(22-42(46)59-6)35(18-15-33(43)49)51-52-36-16-13-26(47)19-40(36)57)45(28)24(2)27-9-7-11-37(44(23)27)53-55-39-20-30-29(21-41(39)58-5)32(48)14-17-34(30)50-4/h7-22,50,57H,1-2,47-49H2,3-6H3. The second-order valence-corrected chi connectivity index (χ2v) is 16.1. The smallest absolute Gasteiger partial charge is 0.103 e. The summed E-state index contributed by atoms with van der Waals surface area (Å²) in [4.78, 5) is 2.52. The number of hydrogen-bond acceptors (Lipinski definition) is 13. The number of nitrogens with one attached hydrogen (secondary N) is 1. The first-order valence-corrected chi connectivity index (χ1v) is 21.4. The third-order valence-corrected chi connectivity index (χ3v) is 12.3. The first kappa shape index (κ1) is 39.4. The summed E-state index contributed by atoms with van der Waals surface area (Å²) in [7, 11) is 1.89. The predicted octanol–water partition coefficient (Wildman–Crippen LogP) is 13.2. The highest BCUT2D eigenvalue weighted by Gasteiger charge is 2.17. The van der Waals surface area contributed by atoms with Gasteiger partial charge in [0.2, 0.25) is 0 Å². The van der Waals surface area contributed by atoms with Crippen molar-refractivity contribution in [2.45, 2.75) is 21.6 Å². The molecule has 0 unspecified atom stereocenters. The molecular weight excluding hydrogens is 789 g/mol. The van der Waals surface area contributed by atoms with Crippen molar-refractivity contribution in [2.24, 2.45) is 30.7 Å². The number of nitrogen functional groups attached to an aromatic ring is 3. The van der Waals surface area contributed by atoms with Crippen LogP contribution in [-0.4, -0.2) is 19.6 Å². The summed E-state index contributed by atoms with van der Waals surface area (Å²) in [6.45, 7) is 11.1. The number of fused-ring (bicyclic) bond motifs is 4. The fourth-order valence-electron chi connectivity index (χ4n) is 7.50. The average Bonchev–Trinajstić information content (AvgIpc) is 3.24. The molecule has 0 aliphatic carbocycles. The Balaban J connectivity index is 1.21. The molecule has 8 aromatic rings. The number of rotatable bonds is 9. The van der Waals surface area contributed by atoms with E-state index in [0.29, 0.717) is 50.4 Å². The average molecular weight is 829 g/mol. The van der Waals surface area contributed by atoms with Gasteiger partial charge in [-0.15, -0.1) is 66.8 Å². The Morgan fingerprint density at radius 3 is 1.76 bits per heavy atom. The number of benzene rings is 8. The summed E-state index contributed by atoms with van der Waals surface area (Å²) in [5, 5.41) is 40.5. The summed E-state index contributed by atoms with van der Waals surface area (Å²) < 4.78 is 0. The van der Waals surface area contributed by atoms with Gasteiger partial charge in [-0.2, -0.15) is 0 Å². The molecule has 0 saturated carbocycles. The van der Waals surface area contributed by atoms with E-state index >= 15 is 0 Å². The van der Waals surface area contributed by atoms with Crippen molar-refractivity contribution in [3.63, 3.8) is 0 Å². The minimum atomic E-state index is 0.604. The molecule has 0 atom stereocenters. The van der Waals surface area contributed by atoms with Crippen LogP contribution in [0.15, 0.2) is 142 Å². The second-order valence-electron chi connectivity index (χ2n) is 13.9. The molecule has 0 aliphatic heterocycles. The highest BCUT2D eigenvalue weighted by molar-refractivity contribution is 7.99. The molecule has 0 amide bonds. The number of aryl methyl sites for hydroxylation is 1. The molecule has 8 rings (SSSR count). The topological polar surface area (TPSA) is 164 Å². The zero-order chi connectivity index (χ0) is 41.5. The lowest BCUT2D eigenvalue weighted by Gasteiger charge is -2.14. The van der Waals surface area contributed by atoms with Crippen LogP contribution < -0.4 is 33.0 Å². The van der Waals surface area contributed by atoms with Crippen molar-refractivity contribution in [3.05, 3.63) is 113 Å². The minimum absolute atomic E-state index is 0.604. The molecule has 10 nitrogen and oxygen atoms in total. The number of anilines is 4. The van der Waals surface area contributed by atoms with E-state index in [1.807, 2.05) is 99.3 Å². The van der Waals surface area contributed by atoms with Gasteiger partial charge in [0, 0.05) is 76.8 Å². The number of nitrogens with zero attached hydrogens (tertiary/aromatic N) is 6. The van der Waals surface area contributed by atoms with Crippen LogP contribution in [0.3, 0.4) is 0 Å². The molecule has 8 aromatic carbocycles. The number of thioether (sulfide) groups is 2. The van der Waals surface area contributed by atoms with Gasteiger partial charge in [0.1, 0.15) is 5.69 Å². The Bertz CT molecular complexity index is 3230. The lowest BCUT2D eigenvalue weighted by Crippen LogP contribution is -2.12. The van der Waals surface area contributed by atoms with Gasteiger partial charge in [0.15, 0.2) is 0 Å². The molecule has 0 fully saturated rings. The maximum atomic E-state index is 6.61. The highest BCUT2D eigenvalue weighted by atomic mass is 32.2. The van der Waals surface area contributed by atoms with Crippen LogP contribution in [0.5, 0.6) is 0 Å². The Morgan fingerprint density at radius 1 is 0.542 bits per heavy atom. The van der Waals surface area contributed by atoms with Gasteiger partial charge in [0.25, 0.3) is 0 Å². The molecule has 13 heteroatoms. The van der Waals surface area contributed by atoms with E-state index in [9.17, 15) is 0 Å². The number of nitrogens with two attached hydrogens (primary N) is 3. The molecule has 0 aromatic heterocycles. The van der Waals surface area contributed by atoms with E-state index < -0.39 is 0 Å². The van der Waals surface area contributed by atoms with Crippen LogP contribution in [0.1, 0.15) is 5.56 Å². The van der Waals surface area contributed by atoms with Gasteiger partial charge >= 0.3 is 0 Å². The van der Waals surface area contributed by atoms with E-state index in [4.69, 9.17) is 37.7 Å². The molecule has 292 valence electrons. The lowest BCUT2D eigenvalue weighted by atomic mass is 9.97. The molecule has 0 radical (unpaired) electrons. The van der Waals surface area contributed by atoms with E-state index in [1.165, 1.54) is 0 Å². The SMILES string of the molecule is C=c1c2cccc(N=Nc3c(SC)cc4c(N=Nc5ccc(N)cc5S)ccc(N)c4c3C)c2c(=C)c2cccc(N=Nc3cc4c(NC)ccc(N)c4cc3SC)c12. The lowest BCUT2D eigenvalue weighted by molar-refractivity contribution is 1.18. The van der Waals surface area contributed by atoms with Gasteiger partial charge in [-0.05, 0) is 119 Å². The zero-order valence-electron chi connectivity index (χ0n) is 32.8. The van der Waals surface area contributed by atoms with Crippen LogP contribution >= 0.6 is 36.2 Å². The molecule has 59 heavy (non-hydrogen) atoms. The third kappa shape index (κ3) is 7.11. The summed E-state index contributed by atoms with van der Waals surface area (Å²) in [6, 6.07) is 30.9. The molecule has 0 heterocycles. The Morgan fingerprint density at radius 2 is 1.12 bits per heavy atom. The van der Waals surface area contributed by atoms with E-state index in [1.54, 1.807) is 41.7 Å². The van der Waals surface area contributed by atoms with Crippen LogP contribution in [0.4, 0.5) is 56.9 Å². The van der Waals surface area contributed by atoms with Gasteiger partial charge in [-0.25, -0.2) is 0 Å². The van der Waals surface area contributed by atoms with Crippen LogP contribution in [0.25, 0.3) is 56.2 Å². The van der Waals surface area contributed by atoms with E-state index in [2.05, 4.69) is 47.4 Å². The quantitative estimate of drug-likeness (QED) is 0.0319. The molecule has 0 saturated heterocycles. The summed E-state index contributed by atoms with van der Waals surface area (Å²) >= 11 is 7.68. The van der Waals surface area contributed by atoms with Gasteiger partial charge in [-0.3, -0.25) is 0 Å². The fourth-order valence-corrected chi connectivity index (χ4v) is 8.94. The predicted molar refractivity (Wildman–Crippen MR) is 257 cm³/mol. The number of hydrogen-bond donors (Lipinski definition) is 5. The summed E-state index contributed by atoms with van der Waals surface area (Å²) in [6.07, 6.45) is 4.03. The highest BCUT2D eigenvalue weighted by Crippen LogP contribution is 2.44. The first-order chi connectivity index (χ1) is 28.5. The number of azo groups is 3. The largest absolute Gasteiger partial charge is 0.399 e. The van der Waals surface area contributed by atoms with E-state index in [0.717, 1.165) is 80.3 Å². The van der Waals surface area contributed by atoms with Crippen LogP contribution in [-0.2, 0) is 0 Å². The fraction of sp³-hybridized carbons (Fsp3) is 0.0870. The second kappa shape index (κ2) is 16.1. The summed E-state index contributed by atoms with van der Waals surface area (Å²) in [5.74, 6) is 0.